The summed E-state index contributed by atoms with van der Waals surface area (Å²) in [4.78, 5) is 0. The molecule has 12 N–H and O–H groups in total. The average molecular weight is 1940 g/mol. The van der Waals surface area contributed by atoms with E-state index in [-0.39, 0.29) is 146 Å². The molecule has 0 saturated heterocycles. The molecule has 0 aromatic heterocycles. The van der Waals surface area contributed by atoms with Gasteiger partial charge in [0.2, 0.25) is 0 Å². The fourth-order valence-electron chi connectivity index (χ4n) is 15.4. The van der Waals surface area contributed by atoms with E-state index in [1.165, 1.54) is 245 Å². The maximum atomic E-state index is 9.65. The third-order valence-corrected chi connectivity index (χ3v) is 50.8. The van der Waals surface area contributed by atoms with Gasteiger partial charge >= 0.3 is 0 Å². The number of aliphatic hydroxyl groups excluding tert-OH is 12. The van der Waals surface area contributed by atoms with Crippen LogP contribution in [-0.4, -0.2) is 285 Å². The summed E-state index contributed by atoms with van der Waals surface area (Å²) in [5.74, 6) is 0. The Morgan fingerprint density at radius 1 is 0.182 bits per heavy atom. The molecule has 618 valence electrons. The van der Waals surface area contributed by atoms with Crippen LogP contribution in [0.5, 0.6) is 0 Å². The Bertz CT molecular complexity index is 1250. The molecule has 0 aliphatic heterocycles. The molecule has 0 aliphatic carbocycles. The van der Waals surface area contributed by atoms with Gasteiger partial charge in [-0.2, -0.15) is 0 Å². The van der Waals surface area contributed by atoms with Gasteiger partial charge in [-0.15, -0.1) is 0 Å². The molecule has 0 amide bonds. The molecule has 0 aromatic rings. The molecule has 99 heavy (non-hydrogen) atoms. The Labute approximate surface area is 688 Å². The van der Waals surface area contributed by atoms with E-state index < -0.39 is 80.2 Å². The molecule has 0 saturated carbocycles. The zero-order valence-electron chi connectivity index (χ0n) is 67.8. The molecule has 6 atom stereocenters. The molecule has 0 aliphatic rings. The molecule has 12 nitrogen and oxygen atoms in total. The molecule has 6 unspecified atom stereocenters. The summed E-state index contributed by atoms with van der Waals surface area (Å²) in [6.45, 7) is 40.0. The Morgan fingerprint density at radius 2 is 0.283 bits per heavy atom. The molecular weight excluding hydrogens is 1760 g/mol. The van der Waals surface area contributed by atoms with E-state index in [9.17, 15) is 30.6 Å². The quantitative estimate of drug-likeness (QED) is 0.0252. The molecule has 0 radical (unpaired) electrons. The highest BCUT2D eigenvalue weighted by Crippen LogP contribution is 2.64. The van der Waals surface area contributed by atoms with E-state index >= 15 is 0 Å². The molecule has 0 fully saturated rings. The van der Waals surface area contributed by atoms with Crippen molar-refractivity contribution in [1.29, 1.82) is 0 Å². The van der Waals surface area contributed by atoms with Crippen molar-refractivity contribution in [2.24, 2.45) is 0 Å². The second-order valence-corrected chi connectivity index (χ2v) is 54.8. The van der Waals surface area contributed by atoms with Crippen molar-refractivity contribution >= 4 is 43.6 Å². The van der Waals surface area contributed by atoms with Crippen LogP contribution < -0.4 is 107 Å². The number of rotatable bonds is 57. The lowest BCUT2D eigenvalue weighted by Gasteiger charge is -2.28. The smallest absolute Gasteiger partial charge is 0.110 e. The number of aliphatic hydroxyl groups is 12. The second kappa shape index (κ2) is 88.7. The fraction of sp³-hybridized carbons (Fsp3) is 1.00. The minimum atomic E-state index is -0.979. The Kier molecular flexibility index (Phi) is 117. The molecule has 24 heteroatoms. The topological polar surface area (TPSA) is 243 Å². The largest absolute Gasteiger partial charge is 1.00 e. The summed E-state index contributed by atoms with van der Waals surface area (Å²) in [6.07, 6.45) is 51.8. The normalized spacial score (nSPS) is 13.3. The van der Waals surface area contributed by atoms with Crippen molar-refractivity contribution < 1.29 is 168 Å². The van der Waals surface area contributed by atoms with Gasteiger partial charge in [-0.25, -0.2) is 0 Å². The minimum Gasteiger partial charge on any atom is -1.00 e. The first-order valence-electron chi connectivity index (χ1n) is 39.2. The zero-order chi connectivity index (χ0) is 72.5. The summed E-state index contributed by atoms with van der Waals surface area (Å²) >= 11 is 0. The summed E-state index contributed by atoms with van der Waals surface area (Å²) in [6, 6.07) is 0. The predicted molar refractivity (Wildman–Crippen MR) is 436 cm³/mol. The first-order valence-corrected chi connectivity index (χ1v) is 54.3. The highest BCUT2D eigenvalue weighted by molar-refractivity contribution is 7.77. The van der Waals surface area contributed by atoms with Crippen LogP contribution in [0.2, 0.25) is 0 Å². The molecule has 0 rings (SSSR count). The van der Waals surface area contributed by atoms with Crippen molar-refractivity contribution in [3.63, 3.8) is 0 Å². The predicted octanol–water partition coefficient (Wildman–Crippen LogP) is -1.28. The van der Waals surface area contributed by atoms with Gasteiger partial charge in [0.05, 0.1) is 206 Å². The summed E-state index contributed by atoms with van der Waals surface area (Å²) in [7, 11) is -5.44. The van der Waals surface area contributed by atoms with Gasteiger partial charge in [0.25, 0.3) is 0 Å². The maximum Gasteiger partial charge on any atom is 0.110 e. The minimum absolute atomic E-state index is 0. The Morgan fingerprint density at radius 3 is 0.374 bits per heavy atom. The average Bonchev–Trinajstić information content (AvgIpc) is 1.09. The van der Waals surface area contributed by atoms with Crippen LogP contribution >= 0.6 is 43.6 Å². The van der Waals surface area contributed by atoms with Gasteiger partial charge in [-0.3, -0.25) is 0 Å². The summed E-state index contributed by atoms with van der Waals surface area (Å²) in [5.41, 5.74) is 0. The second-order valence-electron chi connectivity index (χ2n) is 28.2. The van der Waals surface area contributed by atoms with Gasteiger partial charge in [-0.1, -0.05) is 125 Å². The maximum absolute atomic E-state index is 9.65. The lowest BCUT2D eigenvalue weighted by molar-refractivity contribution is -0.00100. The molecule has 0 spiro atoms. The van der Waals surface area contributed by atoms with Crippen LogP contribution in [0.25, 0.3) is 0 Å². The van der Waals surface area contributed by atoms with Crippen molar-refractivity contribution in [3.05, 3.63) is 0 Å². The number of halogens is 6. The van der Waals surface area contributed by atoms with Crippen molar-refractivity contribution in [3.8, 4) is 0 Å². The first-order chi connectivity index (χ1) is 44.3. The van der Waals surface area contributed by atoms with Crippen molar-refractivity contribution in [2.45, 2.75) is 296 Å². The van der Waals surface area contributed by atoms with E-state index in [0.717, 1.165) is 37.7 Å². The van der Waals surface area contributed by atoms with Crippen LogP contribution in [0.4, 0.5) is 0 Å². The highest BCUT2D eigenvalue weighted by atomic mass is 127. The van der Waals surface area contributed by atoms with Crippen molar-refractivity contribution in [2.75, 3.05) is 188 Å². The van der Waals surface area contributed by atoms with E-state index in [4.69, 9.17) is 30.6 Å². The van der Waals surface area contributed by atoms with Crippen LogP contribution in [0.1, 0.15) is 259 Å². The molecule has 0 heterocycles. The Hall–Kier alpha value is 5.10. The molecule has 0 bridgehead atoms. The van der Waals surface area contributed by atoms with Gasteiger partial charge in [-0.05, 0) is 116 Å². The third-order valence-electron chi connectivity index (χ3n) is 18.4. The summed E-state index contributed by atoms with van der Waals surface area (Å²) in [5, 5.41) is 111. The van der Waals surface area contributed by atoms with Gasteiger partial charge in [0.15, 0.2) is 0 Å². The zero-order valence-corrected chi connectivity index (χ0v) is 82.2. The SMILES string of the molecule is CCC[P+](CCC)(CCC)CC(O)CO.CCC[P+](CCC)(CCC)CC(O)CO.CCC[P+](CCC)(CCC)CC(O)CO.CCC[P+](CCC)(CCC)CCC(O)CO.CCC[P+](CCC)(CCC)CCC(O)CO.CCC[P+](CCC)(CCC)CCC(O)CO.[Br-].[Br-].[Cl-].[Cl-].[I-].[I-]. The third kappa shape index (κ3) is 70.7. The Balaban J connectivity index is -0.0000000907. The monoisotopic (exact) mass is 1930 g/mol. The van der Waals surface area contributed by atoms with E-state index in [1.807, 2.05) is 0 Å². The highest BCUT2D eigenvalue weighted by Gasteiger charge is 2.41. The van der Waals surface area contributed by atoms with Crippen LogP contribution in [0.15, 0.2) is 0 Å². The van der Waals surface area contributed by atoms with Crippen LogP contribution in [0, 0.1) is 0 Å². The first kappa shape index (κ1) is 130. The lowest BCUT2D eigenvalue weighted by Crippen LogP contribution is -3.00. The van der Waals surface area contributed by atoms with Gasteiger partial charge < -0.3 is 168 Å². The van der Waals surface area contributed by atoms with Crippen LogP contribution in [-0.2, 0) is 0 Å². The fourth-order valence-corrected chi connectivity index (χ4v) is 45.8. The van der Waals surface area contributed by atoms with Crippen LogP contribution in [0.3, 0.4) is 0 Å². The van der Waals surface area contributed by atoms with Gasteiger partial charge in [0, 0.05) is 62.8 Å². The standard InChI is InChI=1S/3C13H30O2P.3C12H28O2P.2BrH.2ClH.2HI/c3*1-4-8-16(9-5-2,10-6-3)11-7-13(15)12-14;3*1-4-7-15(8-5-2,9-6-3)11-12(14)10-13;;;;;;/h3*13-15H,4-12H2,1-3H3;3*12-14H,4-11H2,1-3H3;6*1H/q6*+1;;;;;;/p-6. The summed E-state index contributed by atoms with van der Waals surface area (Å²) < 4.78 is 0. The van der Waals surface area contributed by atoms with Crippen molar-refractivity contribution in [1.82, 2.24) is 0 Å². The number of hydrogen-bond acceptors (Lipinski definition) is 12. The van der Waals surface area contributed by atoms with E-state index in [2.05, 4.69) is 125 Å². The number of hydrogen-bond donors (Lipinski definition) is 12. The molecule has 0 aromatic carbocycles. The lowest BCUT2D eigenvalue weighted by atomic mass is 10.3. The van der Waals surface area contributed by atoms with E-state index in [1.54, 1.807) is 0 Å². The van der Waals surface area contributed by atoms with Gasteiger partial charge in [0.1, 0.15) is 18.3 Å². The van der Waals surface area contributed by atoms with E-state index in [0.29, 0.717) is 0 Å². The molecular formula is C75H174Br2Cl2I2O12P6.